The minimum atomic E-state index is -7.49. The maximum Gasteiger partial charge on any atom is 0.384 e. The van der Waals surface area contributed by atoms with Crippen LogP contribution in [0.5, 0.6) is 0 Å². The van der Waals surface area contributed by atoms with E-state index in [0.717, 1.165) is 0 Å². The molecule has 0 aromatic rings. The Kier molecular flexibility index (Phi) is 9.39. The molecule has 0 aliphatic rings. The van der Waals surface area contributed by atoms with Gasteiger partial charge < -0.3 is 4.74 Å². The van der Waals surface area contributed by atoms with Gasteiger partial charge >= 0.3 is 42.0 Å². The van der Waals surface area contributed by atoms with Crippen molar-refractivity contribution in [3.8, 4) is 0 Å². The molecule has 0 N–H and O–H groups in total. The van der Waals surface area contributed by atoms with Crippen LogP contribution in [0.25, 0.3) is 0 Å². The SMILES string of the molecule is CCC(C)C(=O)OCCCCCC(F)(F)C(F)(F)C(F)(F)C(F)(F)C(F)(F)C(F)F. The molecule has 0 saturated carbocycles. The largest absolute Gasteiger partial charge is 0.465 e. The zero-order valence-electron chi connectivity index (χ0n) is 15.7. The van der Waals surface area contributed by atoms with Crippen LogP contribution in [-0.2, 0) is 9.53 Å². The minimum Gasteiger partial charge on any atom is -0.465 e. The number of esters is 1. The molecule has 0 aromatic heterocycles. The topological polar surface area (TPSA) is 26.3 Å². The van der Waals surface area contributed by atoms with Crippen molar-refractivity contribution in [1.82, 2.24) is 0 Å². The Balaban J connectivity index is 5.07. The van der Waals surface area contributed by atoms with Crippen LogP contribution < -0.4 is 0 Å². The van der Waals surface area contributed by atoms with Gasteiger partial charge in [0.15, 0.2) is 0 Å². The Hall–Kier alpha value is -1.37. The van der Waals surface area contributed by atoms with Crippen LogP contribution in [0.2, 0.25) is 0 Å². The van der Waals surface area contributed by atoms with Gasteiger partial charge in [-0.1, -0.05) is 13.8 Å². The van der Waals surface area contributed by atoms with Crippen LogP contribution in [0, 0.1) is 5.92 Å². The van der Waals surface area contributed by atoms with Gasteiger partial charge in [0.25, 0.3) is 0 Å². The Morgan fingerprint density at radius 1 is 0.800 bits per heavy atom. The number of hydrogen-bond acceptors (Lipinski definition) is 2. The molecule has 0 aromatic carbocycles. The van der Waals surface area contributed by atoms with Gasteiger partial charge in [-0.2, -0.15) is 43.9 Å². The first-order valence-electron chi connectivity index (χ1n) is 8.65. The molecular formula is C16H20F12O2. The highest BCUT2D eigenvalue weighted by atomic mass is 19.4. The molecule has 14 heteroatoms. The van der Waals surface area contributed by atoms with Crippen molar-refractivity contribution >= 4 is 5.97 Å². The Bertz CT molecular complexity index is 562. The van der Waals surface area contributed by atoms with Gasteiger partial charge in [-0.25, -0.2) is 8.78 Å². The fraction of sp³-hybridized carbons (Fsp3) is 0.938. The standard InChI is InChI=1S/C16H20F12O2/c1-3-9(2)10(29)30-8-6-4-5-7-12(19,20)14(23,24)16(27,28)15(25,26)13(21,22)11(17)18/h9,11H,3-8H2,1-2H3. The fourth-order valence-corrected chi connectivity index (χ4v) is 2.04. The third-order valence-electron chi connectivity index (χ3n) is 4.33. The van der Waals surface area contributed by atoms with Crippen molar-refractivity contribution < 1.29 is 62.2 Å². The molecule has 0 rings (SSSR count). The highest BCUT2D eigenvalue weighted by Gasteiger charge is 2.87. The number of hydrogen-bond donors (Lipinski definition) is 0. The fourth-order valence-electron chi connectivity index (χ4n) is 2.04. The summed E-state index contributed by atoms with van der Waals surface area (Å²) in [6.07, 6.45) is -8.74. The van der Waals surface area contributed by atoms with Crippen LogP contribution in [-0.4, -0.2) is 48.6 Å². The predicted molar refractivity (Wildman–Crippen MR) is 79.6 cm³/mol. The lowest BCUT2D eigenvalue weighted by molar-refractivity contribution is -0.413. The van der Waals surface area contributed by atoms with E-state index in [9.17, 15) is 57.5 Å². The van der Waals surface area contributed by atoms with Gasteiger partial charge in [-0.3, -0.25) is 4.79 Å². The quantitative estimate of drug-likeness (QED) is 0.172. The zero-order chi connectivity index (χ0) is 24.2. The molecular weight excluding hydrogens is 452 g/mol. The monoisotopic (exact) mass is 472 g/mol. The van der Waals surface area contributed by atoms with E-state index in [2.05, 4.69) is 0 Å². The maximum atomic E-state index is 13.5. The molecule has 0 bridgehead atoms. The second-order valence-electron chi connectivity index (χ2n) is 6.64. The van der Waals surface area contributed by atoms with Crippen LogP contribution in [0.4, 0.5) is 52.7 Å². The second kappa shape index (κ2) is 9.84. The third-order valence-corrected chi connectivity index (χ3v) is 4.33. The lowest BCUT2D eigenvalue weighted by atomic mass is 9.92. The van der Waals surface area contributed by atoms with Gasteiger partial charge in [0.1, 0.15) is 0 Å². The smallest absolute Gasteiger partial charge is 0.384 e. The molecule has 0 fully saturated rings. The summed E-state index contributed by atoms with van der Waals surface area (Å²) in [4.78, 5) is 11.3. The molecule has 1 atom stereocenters. The Morgan fingerprint density at radius 3 is 1.73 bits per heavy atom. The van der Waals surface area contributed by atoms with Crippen molar-refractivity contribution in [2.45, 2.75) is 82.0 Å². The Labute approximate surface area is 163 Å². The van der Waals surface area contributed by atoms with Gasteiger partial charge in [0, 0.05) is 6.42 Å². The first-order chi connectivity index (χ1) is 13.3. The van der Waals surface area contributed by atoms with Gasteiger partial charge in [-0.15, -0.1) is 0 Å². The zero-order valence-corrected chi connectivity index (χ0v) is 15.7. The average molecular weight is 472 g/mol. The number of rotatable bonds is 13. The minimum absolute atomic E-state index is 0.167. The first-order valence-corrected chi connectivity index (χ1v) is 8.65. The molecule has 2 nitrogen and oxygen atoms in total. The number of alkyl halides is 12. The summed E-state index contributed by atoms with van der Waals surface area (Å²) in [5, 5.41) is 0. The molecule has 0 amide bonds. The molecule has 180 valence electrons. The van der Waals surface area contributed by atoms with Gasteiger partial charge in [-0.05, 0) is 25.7 Å². The van der Waals surface area contributed by atoms with E-state index >= 15 is 0 Å². The van der Waals surface area contributed by atoms with Crippen LogP contribution in [0.15, 0.2) is 0 Å². The van der Waals surface area contributed by atoms with E-state index in [0.29, 0.717) is 6.42 Å². The van der Waals surface area contributed by atoms with E-state index in [1.807, 2.05) is 0 Å². The number of unbranched alkanes of at least 4 members (excludes halogenated alkanes) is 2. The van der Waals surface area contributed by atoms with E-state index in [-0.39, 0.29) is 13.0 Å². The van der Waals surface area contributed by atoms with Crippen molar-refractivity contribution in [3.05, 3.63) is 0 Å². The van der Waals surface area contributed by atoms with Crippen molar-refractivity contribution in [3.63, 3.8) is 0 Å². The summed E-state index contributed by atoms with van der Waals surface area (Å²) in [7, 11) is 0. The van der Waals surface area contributed by atoms with Crippen LogP contribution >= 0.6 is 0 Å². The Morgan fingerprint density at radius 2 is 1.30 bits per heavy atom. The average Bonchev–Trinajstić information content (AvgIpc) is 2.62. The highest BCUT2D eigenvalue weighted by Crippen LogP contribution is 2.58. The maximum absolute atomic E-state index is 13.5. The van der Waals surface area contributed by atoms with Gasteiger partial charge in [0.05, 0.1) is 12.5 Å². The lowest BCUT2D eigenvalue weighted by Crippen LogP contribution is -2.68. The summed E-state index contributed by atoms with van der Waals surface area (Å²) >= 11 is 0. The number of carbonyl (C=O) groups is 1. The predicted octanol–water partition coefficient (Wildman–Crippen LogP) is 6.58. The molecule has 1 unspecified atom stereocenters. The molecule has 0 heterocycles. The van der Waals surface area contributed by atoms with Crippen molar-refractivity contribution in [2.75, 3.05) is 6.61 Å². The van der Waals surface area contributed by atoms with Crippen LogP contribution in [0.1, 0.15) is 46.0 Å². The summed E-state index contributed by atoms with van der Waals surface area (Å²) < 4.78 is 161. The molecule has 0 spiro atoms. The van der Waals surface area contributed by atoms with Crippen molar-refractivity contribution in [2.24, 2.45) is 5.92 Å². The van der Waals surface area contributed by atoms with E-state index in [1.54, 1.807) is 6.92 Å². The molecule has 0 aliphatic carbocycles. The van der Waals surface area contributed by atoms with Crippen LogP contribution in [0.3, 0.4) is 0 Å². The summed E-state index contributed by atoms with van der Waals surface area (Å²) in [6, 6.07) is 0. The van der Waals surface area contributed by atoms with Gasteiger partial charge in [0.2, 0.25) is 0 Å². The highest BCUT2D eigenvalue weighted by molar-refractivity contribution is 5.71. The normalized spacial score (nSPS) is 15.4. The summed E-state index contributed by atoms with van der Waals surface area (Å²) in [6.45, 7) is 2.88. The van der Waals surface area contributed by atoms with Crippen molar-refractivity contribution in [1.29, 1.82) is 0 Å². The molecule has 0 aliphatic heterocycles. The summed E-state index contributed by atoms with van der Waals surface area (Å²) in [5.74, 6) is -36.0. The third kappa shape index (κ3) is 5.45. The molecule has 30 heavy (non-hydrogen) atoms. The number of halogens is 12. The number of ether oxygens (including phenoxy) is 1. The number of carbonyl (C=O) groups excluding carboxylic acids is 1. The van der Waals surface area contributed by atoms with E-state index in [1.165, 1.54) is 6.92 Å². The lowest BCUT2D eigenvalue weighted by Gasteiger charge is -2.39. The van der Waals surface area contributed by atoms with E-state index < -0.39 is 67.2 Å². The second-order valence-corrected chi connectivity index (χ2v) is 6.64. The summed E-state index contributed by atoms with van der Waals surface area (Å²) in [5.41, 5.74) is 0. The van der Waals surface area contributed by atoms with E-state index in [4.69, 9.17) is 4.74 Å². The molecule has 0 radical (unpaired) electrons. The first kappa shape index (κ1) is 28.6. The molecule has 0 saturated heterocycles.